The van der Waals surface area contributed by atoms with Crippen LogP contribution in [0.15, 0.2) is 42.7 Å². The quantitative estimate of drug-likeness (QED) is 0.607. The average molecular weight is 237 g/mol. The van der Waals surface area contributed by atoms with Crippen molar-refractivity contribution in [2.24, 2.45) is 0 Å². The van der Waals surface area contributed by atoms with Crippen LogP contribution in [0.5, 0.6) is 0 Å². The first-order valence-corrected chi connectivity index (χ1v) is 5.08. The molecule has 0 atom stereocenters. The zero-order valence-electron chi connectivity index (χ0n) is 8.34. The summed E-state index contributed by atoms with van der Waals surface area (Å²) in [5, 5.41) is 11.3. The topological polar surface area (TPSA) is 48.1 Å². The second kappa shape index (κ2) is 4.37. The minimum absolute atomic E-state index is 0.0955. The lowest BCUT2D eigenvalue weighted by Gasteiger charge is -2.04. The highest BCUT2D eigenvalue weighted by Gasteiger charge is 2.13. The number of hydrogen-bond donors (Lipinski definition) is 0. The third kappa shape index (κ3) is 2.23. The summed E-state index contributed by atoms with van der Waals surface area (Å²) in [6.07, 6.45) is 3.70. The molecule has 2 rings (SSSR count). The number of nitro groups is 1. The Morgan fingerprint density at radius 3 is 2.62 bits per heavy atom. The molecule has 2 aromatic rings. The molecule has 0 radical (unpaired) electrons. The van der Waals surface area contributed by atoms with Gasteiger partial charge in [0.15, 0.2) is 0 Å². The molecule has 5 heteroatoms. The normalized spacial score (nSPS) is 10.3. The summed E-state index contributed by atoms with van der Waals surface area (Å²) in [4.78, 5) is 10.4. The first-order chi connectivity index (χ1) is 7.66. The Balaban J connectivity index is 2.38. The molecule has 0 aliphatic heterocycles. The van der Waals surface area contributed by atoms with Crippen molar-refractivity contribution < 1.29 is 4.92 Å². The zero-order valence-corrected chi connectivity index (χ0v) is 9.09. The molecular weight excluding hydrogens is 228 g/mol. The van der Waals surface area contributed by atoms with Gasteiger partial charge in [0, 0.05) is 23.5 Å². The molecule has 0 spiro atoms. The van der Waals surface area contributed by atoms with Crippen LogP contribution in [0.3, 0.4) is 0 Å². The fraction of sp³-hybridized carbons (Fsp3) is 0.0909. The summed E-state index contributed by atoms with van der Waals surface area (Å²) < 4.78 is 1.86. The summed E-state index contributed by atoms with van der Waals surface area (Å²) in [6.45, 7) is 0.448. The van der Waals surface area contributed by atoms with E-state index in [4.69, 9.17) is 11.6 Å². The van der Waals surface area contributed by atoms with Gasteiger partial charge in [-0.3, -0.25) is 10.1 Å². The molecule has 0 aliphatic rings. The highest BCUT2D eigenvalue weighted by molar-refractivity contribution is 6.30. The molecule has 0 amide bonds. The second-order valence-electron chi connectivity index (χ2n) is 3.39. The van der Waals surface area contributed by atoms with Gasteiger partial charge in [-0.15, -0.1) is 0 Å². The number of hydrogen-bond acceptors (Lipinski definition) is 2. The summed E-state index contributed by atoms with van der Waals surface area (Å²) in [7, 11) is 0. The Bertz CT molecular complexity index is 509. The molecule has 0 fully saturated rings. The number of nitrogens with zero attached hydrogens (tertiary/aromatic N) is 2. The molecule has 1 heterocycles. The van der Waals surface area contributed by atoms with E-state index in [-0.39, 0.29) is 5.69 Å². The minimum atomic E-state index is -0.394. The van der Waals surface area contributed by atoms with E-state index in [1.807, 2.05) is 29.1 Å². The van der Waals surface area contributed by atoms with Gasteiger partial charge in [0.2, 0.25) is 0 Å². The van der Waals surface area contributed by atoms with Crippen molar-refractivity contribution in [2.75, 3.05) is 0 Å². The van der Waals surface area contributed by atoms with E-state index in [1.165, 1.54) is 12.1 Å². The number of aromatic nitrogens is 1. The first-order valence-electron chi connectivity index (χ1n) is 4.70. The molecular formula is C11H9ClN2O2. The lowest BCUT2D eigenvalue weighted by molar-refractivity contribution is -0.385. The summed E-state index contributed by atoms with van der Waals surface area (Å²) in [5.41, 5.74) is 0.701. The van der Waals surface area contributed by atoms with E-state index in [9.17, 15) is 10.1 Å². The SMILES string of the molecule is O=[N+]([O-])c1ccc(Cl)cc1Cn1cccc1. The van der Waals surface area contributed by atoms with Gasteiger partial charge in [-0.1, -0.05) is 11.6 Å². The Morgan fingerprint density at radius 2 is 2.00 bits per heavy atom. The fourth-order valence-electron chi connectivity index (χ4n) is 1.53. The van der Waals surface area contributed by atoms with Crippen LogP contribution in [0.4, 0.5) is 5.69 Å². The van der Waals surface area contributed by atoms with Crippen LogP contribution in [-0.4, -0.2) is 9.49 Å². The third-order valence-corrected chi connectivity index (χ3v) is 2.49. The lowest BCUT2D eigenvalue weighted by atomic mass is 10.2. The van der Waals surface area contributed by atoms with Gasteiger partial charge in [0.25, 0.3) is 5.69 Å². The van der Waals surface area contributed by atoms with Crippen molar-refractivity contribution in [2.45, 2.75) is 6.54 Å². The fourth-order valence-corrected chi connectivity index (χ4v) is 1.73. The summed E-state index contributed by atoms with van der Waals surface area (Å²) >= 11 is 5.83. The molecule has 82 valence electrons. The van der Waals surface area contributed by atoms with E-state index in [0.717, 1.165) is 0 Å². The van der Waals surface area contributed by atoms with Crippen molar-refractivity contribution in [3.63, 3.8) is 0 Å². The monoisotopic (exact) mass is 236 g/mol. The maximum Gasteiger partial charge on any atom is 0.274 e. The van der Waals surface area contributed by atoms with Crippen molar-refractivity contribution in [3.8, 4) is 0 Å². The smallest absolute Gasteiger partial charge is 0.274 e. The van der Waals surface area contributed by atoms with Gasteiger partial charge in [-0.25, -0.2) is 0 Å². The van der Waals surface area contributed by atoms with Gasteiger partial charge in [0.05, 0.1) is 17.0 Å². The highest BCUT2D eigenvalue weighted by Crippen LogP contribution is 2.23. The van der Waals surface area contributed by atoms with Crippen LogP contribution >= 0.6 is 11.6 Å². The van der Waals surface area contributed by atoms with E-state index in [2.05, 4.69) is 0 Å². The maximum absolute atomic E-state index is 10.8. The van der Waals surface area contributed by atoms with Crippen LogP contribution in [0.25, 0.3) is 0 Å². The average Bonchev–Trinajstić information content (AvgIpc) is 2.70. The maximum atomic E-state index is 10.8. The molecule has 1 aromatic carbocycles. The Kier molecular flexibility index (Phi) is 2.92. The Morgan fingerprint density at radius 1 is 1.31 bits per heavy atom. The van der Waals surface area contributed by atoms with Gasteiger partial charge >= 0.3 is 0 Å². The van der Waals surface area contributed by atoms with Crippen molar-refractivity contribution in [3.05, 3.63) is 63.4 Å². The lowest BCUT2D eigenvalue weighted by Crippen LogP contribution is -2.01. The Labute approximate surface area is 97.2 Å². The predicted octanol–water partition coefficient (Wildman–Crippen LogP) is 3.10. The molecule has 16 heavy (non-hydrogen) atoms. The summed E-state index contributed by atoms with van der Waals surface area (Å²) in [5.74, 6) is 0. The molecule has 0 aliphatic carbocycles. The van der Waals surface area contributed by atoms with Gasteiger partial charge in [-0.2, -0.15) is 0 Å². The molecule has 4 nitrogen and oxygen atoms in total. The van der Waals surface area contributed by atoms with Crippen LogP contribution in [0, 0.1) is 10.1 Å². The summed E-state index contributed by atoms with van der Waals surface area (Å²) in [6, 6.07) is 8.33. The van der Waals surface area contributed by atoms with Crippen LogP contribution in [0.2, 0.25) is 5.02 Å². The van der Waals surface area contributed by atoms with Crippen molar-refractivity contribution >= 4 is 17.3 Å². The van der Waals surface area contributed by atoms with E-state index >= 15 is 0 Å². The number of benzene rings is 1. The van der Waals surface area contributed by atoms with E-state index in [1.54, 1.807) is 6.07 Å². The number of halogens is 1. The zero-order chi connectivity index (χ0) is 11.5. The largest absolute Gasteiger partial charge is 0.350 e. The molecule has 0 unspecified atom stereocenters. The van der Waals surface area contributed by atoms with Crippen LogP contribution in [-0.2, 0) is 6.54 Å². The van der Waals surface area contributed by atoms with Crippen molar-refractivity contribution in [1.29, 1.82) is 0 Å². The van der Waals surface area contributed by atoms with Crippen LogP contribution in [0.1, 0.15) is 5.56 Å². The Hall–Kier alpha value is -1.81. The minimum Gasteiger partial charge on any atom is -0.350 e. The van der Waals surface area contributed by atoms with Crippen molar-refractivity contribution in [1.82, 2.24) is 4.57 Å². The van der Waals surface area contributed by atoms with Crippen LogP contribution < -0.4 is 0 Å². The van der Waals surface area contributed by atoms with E-state index < -0.39 is 4.92 Å². The van der Waals surface area contributed by atoms with Gasteiger partial charge in [-0.05, 0) is 24.3 Å². The molecule has 0 saturated carbocycles. The number of rotatable bonds is 3. The number of nitro benzene ring substituents is 1. The molecule has 0 saturated heterocycles. The van der Waals surface area contributed by atoms with Gasteiger partial charge in [0.1, 0.15) is 0 Å². The molecule has 0 N–H and O–H groups in total. The van der Waals surface area contributed by atoms with Gasteiger partial charge < -0.3 is 4.57 Å². The second-order valence-corrected chi connectivity index (χ2v) is 3.82. The standard InChI is InChI=1S/C11H9ClN2O2/c12-10-3-4-11(14(15)16)9(7-10)8-13-5-1-2-6-13/h1-7H,8H2. The third-order valence-electron chi connectivity index (χ3n) is 2.26. The predicted molar refractivity (Wildman–Crippen MR) is 61.6 cm³/mol. The highest BCUT2D eigenvalue weighted by atomic mass is 35.5. The first kappa shape index (κ1) is 10.7. The molecule has 1 aromatic heterocycles. The molecule has 0 bridgehead atoms. The van der Waals surface area contributed by atoms with E-state index in [0.29, 0.717) is 17.1 Å².